The molecule has 100 valence electrons. The van der Waals surface area contributed by atoms with Crippen molar-refractivity contribution in [2.24, 2.45) is 5.92 Å². The highest BCUT2D eigenvalue weighted by molar-refractivity contribution is 5.85. The molecule has 0 saturated carbocycles. The molecular weight excluding hydrogens is 236 g/mol. The first kappa shape index (κ1) is 13.6. The van der Waals surface area contributed by atoms with Crippen LogP contribution in [0, 0.1) is 5.92 Å². The number of hydrogen-bond acceptors (Lipinski definition) is 2. The van der Waals surface area contributed by atoms with Crippen molar-refractivity contribution in [1.82, 2.24) is 0 Å². The summed E-state index contributed by atoms with van der Waals surface area (Å²) in [5, 5.41) is 2.27. The summed E-state index contributed by atoms with van der Waals surface area (Å²) in [6.07, 6.45) is 0. The Morgan fingerprint density at radius 3 is 2.26 bits per heavy atom. The predicted molar refractivity (Wildman–Crippen MR) is 78.5 cm³/mol. The van der Waals surface area contributed by atoms with Gasteiger partial charge in [0.15, 0.2) is 0 Å². The fraction of sp³-hybridized carbons (Fsp3) is 0.353. The van der Waals surface area contributed by atoms with Crippen LogP contribution in [0.15, 0.2) is 36.4 Å². The molecule has 0 unspecified atom stereocenters. The number of ether oxygens (including phenoxy) is 1. The summed E-state index contributed by atoms with van der Waals surface area (Å²) in [6, 6.07) is 12.2. The molecule has 0 atom stereocenters. The van der Waals surface area contributed by atoms with Crippen LogP contribution in [0.2, 0.25) is 0 Å². The summed E-state index contributed by atoms with van der Waals surface area (Å²) in [7, 11) is 0. The number of hydrogen-bond donors (Lipinski definition) is 0. The van der Waals surface area contributed by atoms with Gasteiger partial charge in [-0.1, -0.05) is 52.0 Å². The SMILES string of the molecule is CC(C)C(=O)Oc1ccc2ccc(C(C)C)cc2c1. The maximum Gasteiger partial charge on any atom is 0.313 e. The number of rotatable bonds is 3. The molecule has 2 aromatic carbocycles. The van der Waals surface area contributed by atoms with Gasteiger partial charge < -0.3 is 4.74 Å². The first-order valence-electron chi connectivity index (χ1n) is 6.73. The van der Waals surface area contributed by atoms with Gasteiger partial charge in [-0.25, -0.2) is 0 Å². The van der Waals surface area contributed by atoms with E-state index < -0.39 is 0 Å². The third-order valence-electron chi connectivity index (χ3n) is 3.19. The van der Waals surface area contributed by atoms with Crippen molar-refractivity contribution < 1.29 is 9.53 Å². The Labute approximate surface area is 114 Å². The number of benzene rings is 2. The summed E-state index contributed by atoms with van der Waals surface area (Å²) >= 11 is 0. The molecule has 0 saturated heterocycles. The molecule has 0 aromatic heterocycles. The van der Waals surface area contributed by atoms with E-state index in [-0.39, 0.29) is 11.9 Å². The van der Waals surface area contributed by atoms with E-state index in [1.54, 1.807) is 0 Å². The minimum atomic E-state index is -0.195. The highest BCUT2D eigenvalue weighted by Crippen LogP contribution is 2.25. The topological polar surface area (TPSA) is 26.3 Å². The van der Waals surface area contributed by atoms with Gasteiger partial charge in [0.1, 0.15) is 5.75 Å². The molecule has 0 N–H and O–H groups in total. The second-order valence-electron chi connectivity index (χ2n) is 5.50. The summed E-state index contributed by atoms with van der Waals surface area (Å²) in [5.41, 5.74) is 1.29. The van der Waals surface area contributed by atoms with Crippen molar-refractivity contribution in [2.45, 2.75) is 33.6 Å². The summed E-state index contributed by atoms with van der Waals surface area (Å²) in [5.74, 6) is 0.801. The van der Waals surface area contributed by atoms with Crippen LogP contribution >= 0.6 is 0 Å². The Morgan fingerprint density at radius 2 is 1.63 bits per heavy atom. The number of fused-ring (bicyclic) bond motifs is 1. The third kappa shape index (κ3) is 3.14. The van der Waals surface area contributed by atoms with E-state index in [9.17, 15) is 4.79 Å². The van der Waals surface area contributed by atoms with Gasteiger partial charge in [-0.2, -0.15) is 0 Å². The fourth-order valence-corrected chi connectivity index (χ4v) is 1.90. The minimum Gasteiger partial charge on any atom is -0.426 e. The minimum absolute atomic E-state index is 0.113. The van der Waals surface area contributed by atoms with E-state index in [1.807, 2.05) is 32.0 Å². The van der Waals surface area contributed by atoms with E-state index in [0.717, 1.165) is 10.8 Å². The molecule has 0 spiro atoms. The molecule has 0 aliphatic rings. The zero-order valence-corrected chi connectivity index (χ0v) is 11.9. The lowest BCUT2D eigenvalue weighted by Gasteiger charge is -2.10. The molecular formula is C17H20O2. The molecule has 0 amide bonds. The molecule has 2 heteroatoms. The molecule has 0 aliphatic heterocycles. The van der Waals surface area contributed by atoms with E-state index >= 15 is 0 Å². The van der Waals surface area contributed by atoms with E-state index in [0.29, 0.717) is 11.7 Å². The van der Waals surface area contributed by atoms with Gasteiger partial charge in [-0.05, 0) is 34.4 Å². The number of esters is 1. The lowest BCUT2D eigenvalue weighted by Crippen LogP contribution is -2.14. The quantitative estimate of drug-likeness (QED) is 0.596. The summed E-state index contributed by atoms with van der Waals surface area (Å²) in [4.78, 5) is 11.6. The largest absolute Gasteiger partial charge is 0.426 e. The third-order valence-corrected chi connectivity index (χ3v) is 3.19. The molecule has 0 fully saturated rings. The van der Waals surface area contributed by atoms with Crippen LogP contribution in [0.1, 0.15) is 39.2 Å². The van der Waals surface area contributed by atoms with Crippen LogP contribution in [-0.4, -0.2) is 5.97 Å². The summed E-state index contributed by atoms with van der Waals surface area (Å²) in [6.45, 7) is 8.01. The zero-order valence-electron chi connectivity index (χ0n) is 11.9. The van der Waals surface area contributed by atoms with Gasteiger partial charge in [-0.3, -0.25) is 4.79 Å². The maximum atomic E-state index is 11.6. The van der Waals surface area contributed by atoms with Gasteiger partial charge in [0.05, 0.1) is 5.92 Å². The van der Waals surface area contributed by atoms with Crippen molar-refractivity contribution >= 4 is 16.7 Å². The van der Waals surface area contributed by atoms with Crippen LogP contribution in [0.5, 0.6) is 5.75 Å². The fourth-order valence-electron chi connectivity index (χ4n) is 1.90. The molecule has 19 heavy (non-hydrogen) atoms. The standard InChI is InChI=1S/C17H20O2/c1-11(2)14-6-5-13-7-8-16(10-15(13)9-14)19-17(18)12(3)4/h5-12H,1-4H3. The molecule has 0 aliphatic carbocycles. The Morgan fingerprint density at radius 1 is 0.947 bits per heavy atom. The Balaban J connectivity index is 2.35. The van der Waals surface area contributed by atoms with Crippen LogP contribution < -0.4 is 4.74 Å². The molecule has 0 bridgehead atoms. The van der Waals surface area contributed by atoms with Gasteiger partial charge in [0.25, 0.3) is 0 Å². The van der Waals surface area contributed by atoms with Gasteiger partial charge in [0, 0.05) is 0 Å². The van der Waals surface area contributed by atoms with Crippen LogP contribution in [-0.2, 0) is 4.79 Å². The maximum absolute atomic E-state index is 11.6. The Kier molecular flexibility index (Phi) is 3.89. The predicted octanol–water partition coefficient (Wildman–Crippen LogP) is 4.52. The zero-order chi connectivity index (χ0) is 14.0. The number of carbonyl (C=O) groups excluding carboxylic acids is 1. The average molecular weight is 256 g/mol. The lowest BCUT2D eigenvalue weighted by molar-refractivity contribution is -0.137. The van der Waals surface area contributed by atoms with Crippen molar-refractivity contribution in [2.75, 3.05) is 0 Å². The Hall–Kier alpha value is -1.83. The monoisotopic (exact) mass is 256 g/mol. The lowest BCUT2D eigenvalue weighted by atomic mass is 9.99. The first-order valence-corrected chi connectivity index (χ1v) is 6.73. The van der Waals surface area contributed by atoms with Crippen LogP contribution in [0.4, 0.5) is 0 Å². The van der Waals surface area contributed by atoms with Gasteiger partial charge >= 0.3 is 5.97 Å². The second kappa shape index (κ2) is 5.43. The molecule has 2 rings (SSSR count). The molecule has 0 radical (unpaired) electrons. The normalized spacial score (nSPS) is 11.3. The highest BCUT2D eigenvalue weighted by atomic mass is 16.5. The summed E-state index contributed by atoms with van der Waals surface area (Å²) < 4.78 is 5.35. The van der Waals surface area contributed by atoms with Crippen molar-refractivity contribution in [1.29, 1.82) is 0 Å². The molecule has 2 aromatic rings. The number of carbonyl (C=O) groups is 1. The first-order chi connectivity index (χ1) is 8.97. The smallest absolute Gasteiger partial charge is 0.313 e. The van der Waals surface area contributed by atoms with Gasteiger partial charge in [0.2, 0.25) is 0 Å². The average Bonchev–Trinajstić information content (AvgIpc) is 2.37. The van der Waals surface area contributed by atoms with Crippen molar-refractivity contribution in [3.8, 4) is 5.75 Å². The van der Waals surface area contributed by atoms with E-state index in [4.69, 9.17) is 4.74 Å². The molecule has 0 heterocycles. The molecule has 2 nitrogen and oxygen atoms in total. The van der Waals surface area contributed by atoms with Crippen LogP contribution in [0.25, 0.3) is 10.8 Å². The highest BCUT2D eigenvalue weighted by Gasteiger charge is 2.10. The van der Waals surface area contributed by atoms with E-state index in [2.05, 4.69) is 32.0 Å². The van der Waals surface area contributed by atoms with E-state index in [1.165, 1.54) is 5.56 Å². The van der Waals surface area contributed by atoms with Crippen LogP contribution in [0.3, 0.4) is 0 Å². The van der Waals surface area contributed by atoms with Crippen molar-refractivity contribution in [3.63, 3.8) is 0 Å². The van der Waals surface area contributed by atoms with Gasteiger partial charge in [-0.15, -0.1) is 0 Å². The second-order valence-corrected chi connectivity index (χ2v) is 5.50. The Bertz CT molecular complexity index is 597. The van der Waals surface area contributed by atoms with Crippen molar-refractivity contribution in [3.05, 3.63) is 42.0 Å².